The van der Waals surface area contributed by atoms with Crippen LogP contribution in [0.15, 0.2) is 18.2 Å². The van der Waals surface area contributed by atoms with Crippen LogP contribution in [-0.2, 0) is 0 Å². The number of hydrogen-bond donors (Lipinski definition) is 3. The number of aliphatic hydroxyl groups is 2. The van der Waals surface area contributed by atoms with E-state index in [0.29, 0.717) is 5.92 Å². The Morgan fingerprint density at radius 2 is 1.95 bits per heavy atom. The molecule has 5 heteroatoms. The molecule has 2 atom stereocenters. The fourth-order valence-corrected chi connectivity index (χ4v) is 1.95. The van der Waals surface area contributed by atoms with E-state index >= 15 is 0 Å². The maximum Gasteiger partial charge on any atom is 0.131 e. The quantitative estimate of drug-likeness (QED) is 0.712. The topological polar surface area (TPSA) is 52.5 Å². The molecular formula is C14H21F2NO2. The lowest BCUT2D eigenvalue weighted by atomic mass is 10.0. The number of hydrogen-bond acceptors (Lipinski definition) is 3. The van der Waals surface area contributed by atoms with Crippen molar-refractivity contribution in [2.24, 2.45) is 5.92 Å². The molecule has 108 valence electrons. The Hall–Kier alpha value is -1.04. The molecule has 1 aromatic carbocycles. The second-order valence-electron chi connectivity index (χ2n) is 5.10. The molecule has 0 aliphatic carbocycles. The third-order valence-corrected chi connectivity index (χ3v) is 2.90. The van der Waals surface area contributed by atoms with Crippen molar-refractivity contribution in [1.82, 2.24) is 5.32 Å². The molecule has 3 nitrogen and oxygen atoms in total. The Balaban J connectivity index is 2.56. The molecule has 0 amide bonds. The molecule has 19 heavy (non-hydrogen) atoms. The van der Waals surface area contributed by atoms with Crippen molar-refractivity contribution in [3.8, 4) is 0 Å². The maximum absolute atomic E-state index is 13.4. The van der Waals surface area contributed by atoms with Crippen LogP contribution in [0.3, 0.4) is 0 Å². The smallest absolute Gasteiger partial charge is 0.131 e. The Morgan fingerprint density at radius 3 is 2.47 bits per heavy atom. The highest BCUT2D eigenvalue weighted by molar-refractivity contribution is 5.21. The van der Waals surface area contributed by atoms with Crippen molar-refractivity contribution in [2.75, 3.05) is 13.2 Å². The van der Waals surface area contributed by atoms with Gasteiger partial charge in [0.25, 0.3) is 0 Å². The lowest BCUT2D eigenvalue weighted by molar-refractivity contribution is 0.150. The van der Waals surface area contributed by atoms with Gasteiger partial charge in [-0.3, -0.25) is 0 Å². The van der Waals surface area contributed by atoms with Crippen molar-refractivity contribution in [2.45, 2.75) is 32.4 Å². The van der Waals surface area contributed by atoms with Crippen molar-refractivity contribution < 1.29 is 19.0 Å². The van der Waals surface area contributed by atoms with Gasteiger partial charge in [0.1, 0.15) is 11.6 Å². The molecule has 1 aromatic rings. The summed E-state index contributed by atoms with van der Waals surface area (Å²) < 4.78 is 26.2. The molecule has 0 heterocycles. The molecule has 0 fully saturated rings. The fourth-order valence-electron chi connectivity index (χ4n) is 1.95. The number of halogens is 2. The van der Waals surface area contributed by atoms with Gasteiger partial charge in [-0.1, -0.05) is 19.9 Å². The summed E-state index contributed by atoms with van der Waals surface area (Å²) in [7, 11) is 0. The maximum atomic E-state index is 13.4. The van der Waals surface area contributed by atoms with Crippen LogP contribution in [-0.4, -0.2) is 29.4 Å². The molecule has 0 saturated heterocycles. The number of nitrogens with one attached hydrogen (secondary N) is 1. The zero-order valence-corrected chi connectivity index (χ0v) is 11.2. The zero-order valence-electron chi connectivity index (χ0n) is 11.2. The van der Waals surface area contributed by atoms with E-state index in [4.69, 9.17) is 0 Å². The molecule has 0 aliphatic rings. The highest BCUT2D eigenvalue weighted by Gasteiger charge is 2.16. The predicted molar refractivity (Wildman–Crippen MR) is 69.6 cm³/mol. The second kappa shape index (κ2) is 7.53. The number of aliphatic hydroxyl groups excluding tert-OH is 2. The van der Waals surface area contributed by atoms with Gasteiger partial charge >= 0.3 is 0 Å². The Kier molecular flexibility index (Phi) is 6.34. The Labute approximate surface area is 112 Å². The largest absolute Gasteiger partial charge is 0.395 e. The Bertz CT molecular complexity index is 399. The van der Waals surface area contributed by atoms with E-state index in [2.05, 4.69) is 5.32 Å². The molecule has 0 spiro atoms. The van der Waals surface area contributed by atoms with Crippen molar-refractivity contribution in [1.29, 1.82) is 0 Å². The minimum absolute atomic E-state index is 0.0448. The summed E-state index contributed by atoms with van der Waals surface area (Å²) >= 11 is 0. The third-order valence-electron chi connectivity index (χ3n) is 2.90. The van der Waals surface area contributed by atoms with E-state index < -0.39 is 17.7 Å². The third kappa shape index (κ3) is 5.22. The fraction of sp³-hybridized carbons (Fsp3) is 0.571. The van der Waals surface area contributed by atoms with E-state index in [0.717, 1.165) is 18.6 Å². The second-order valence-corrected chi connectivity index (χ2v) is 5.10. The minimum atomic E-state index is -1.07. The van der Waals surface area contributed by atoms with Gasteiger partial charge in [0.2, 0.25) is 0 Å². The lowest BCUT2D eigenvalue weighted by Crippen LogP contribution is -2.36. The number of rotatable bonds is 7. The summed E-state index contributed by atoms with van der Waals surface area (Å²) in [6.07, 6.45) is -0.309. The van der Waals surface area contributed by atoms with Gasteiger partial charge in [-0.15, -0.1) is 0 Å². The average molecular weight is 273 g/mol. The van der Waals surface area contributed by atoms with Crippen LogP contribution in [0.4, 0.5) is 8.78 Å². The molecule has 3 N–H and O–H groups in total. The van der Waals surface area contributed by atoms with Crippen LogP contribution in [0.25, 0.3) is 0 Å². The normalized spacial score (nSPS) is 14.7. The molecule has 0 aromatic heterocycles. The highest BCUT2D eigenvalue weighted by Crippen LogP contribution is 2.17. The van der Waals surface area contributed by atoms with Gasteiger partial charge in [0.05, 0.1) is 12.7 Å². The SMILES string of the molecule is CC(C)CC(CO)NCC(O)c1ccc(F)cc1F. The Morgan fingerprint density at radius 1 is 1.26 bits per heavy atom. The average Bonchev–Trinajstić information content (AvgIpc) is 2.33. The van der Waals surface area contributed by atoms with Crippen LogP contribution in [0.1, 0.15) is 31.9 Å². The molecule has 0 radical (unpaired) electrons. The van der Waals surface area contributed by atoms with Crippen LogP contribution < -0.4 is 5.32 Å². The minimum Gasteiger partial charge on any atom is -0.395 e. The van der Waals surface area contributed by atoms with Gasteiger partial charge in [0.15, 0.2) is 0 Å². The molecule has 0 bridgehead atoms. The lowest BCUT2D eigenvalue weighted by Gasteiger charge is -2.20. The predicted octanol–water partition coefficient (Wildman–Crippen LogP) is 1.99. The van der Waals surface area contributed by atoms with E-state index in [9.17, 15) is 19.0 Å². The van der Waals surface area contributed by atoms with Gasteiger partial charge in [-0.2, -0.15) is 0 Å². The monoisotopic (exact) mass is 273 g/mol. The first-order valence-electron chi connectivity index (χ1n) is 6.41. The first-order chi connectivity index (χ1) is 8.93. The standard InChI is InChI=1S/C14H21F2NO2/c1-9(2)5-11(8-18)17-7-14(19)12-4-3-10(15)6-13(12)16/h3-4,6,9,11,14,17-19H,5,7-8H2,1-2H3. The van der Waals surface area contributed by atoms with Gasteiger partial charge in [-0.25, -0.2) is 8.78 Å². The first kappa shape index (κ1) is 16.0. The van der Waals surface area contributed by atoms with Crippen LogP contribution in [0.2, 0.25) is 0 Å². The zero-order chi connectivity index (χ0) is 14.4. The van der Waals surface area contributed by atoms with Crippen molar-refractivity contribution in [3.05, 3.63) is 35.4 Å². The summed E-state index contributed by atoms with van der Waals surface area (Å²) in [5.41, 5.74) is 0.0511. The molecule has 0 saturated carbocycles. The van der Waals surface area contributed by atoms with Crippen LogP contribution in [0.5, 0.6) is 0 Å². The van der Waals surface area contributed by atoms with Crippen LogP contribution in [0, 0.1) is 17.6 Å². The summed E-state index contributed by atoms with van der Waals surface area (Å²) in [6.45, 7) is 4.12. The summed E-state index contributed by atoms with van der Waals surface area (Å²) in [5, 5.41) is 22.0. The van der Waals surface area contributed by atoms with Gasteiger partial charge in [0, 0.05) is 24.2 Å². The van der Waals surface area contributed by atoms with Crippen LogP contribution >= 0.6 is 0 Å². The van der Waals surface area contributed by atoms with Crippen molar-refractivity contribution in [3.63, 3.8) is 0 Å². The highest BCUT2D eigenvalue weighted by atomic mass is 19.1. The summed E-state index contributed by atoms with van der Waals surface area (Å²) in [5.74, 6) is -1.03. The van der Waals surface area contributed by atoms with Crippen molar-refractivity contribution >= 4 is 0 Å². The molecule has 2 unspecified atom stereocenters. The summed E-state index contributed by atoms with van der Waals surface area (Å²) in [4.78, 5) is 0. The summed E-state index contributed by atoms with van der Waals surface area (Å²) in [6, 6.07) is 2.95. The molecular weight excluding hydrogens is 252 g/mol. The van der Waals surface area contributed by atoms with E-state index in [1.807, 2.05) is 13.8 Å². The molecule has 0 aliphatic heterocycles. The van der Waals surface area contributed by atoms with Gasteiger partial charge < -0.3 is 15.5 Å². The van der Waals surface area contributed by atoms with E-state index in [-0.39, 0.29) is 24.8 Å². The molecule has 1 rings (SSSR count). The van der Waals surface area contributed by atoms with E-state index in [1.54, 1.807) is 0 Å². The van der Waals surface area contributed by atoms with E-state index in [1.165, 1.54) is 6.07 Å². The first-order valence-corrected chi connectivity index (χ1v) is 6.41. The number of benzene rings is 1. The van der Waals surface area contributed by atoms with Gasteiger partial charge in [-0.05, 0) is 18.4 Å².